The van der Waals surface area contributed by atoms with Crippen LogP contribution in [0.25, 0.3) is 0 Å². The van der Waals surface area contributed by atoms with Gasteiger partial charge in [-0.3, -0.25) is 15.0 Å². The smallest absolute Gasteiger partial charge is 0.312 e. The van der Waals surface area contributed by atoms with E-state index in [1.807, 2.05) is 97.1 Å². The first-order valence-electron chi connectivity index (χ1n) is 16.1. The number of nitrogens with two attached hydrogens (primary N) is 1. The molecule has 1 aliphatic carbocycles. The highest BCUT2D eigenvalue weighted by molar-refractivity contribution is 6.08. The average Bonchev–Trinajstić information content (AvgIpc) is 3.16. The highest BCUT2D eigenvalue weighted by Crippen LogP contribution is 2.28. The summed E-state index contributed by atoms with van der Waals surface area (Å²) in [6.45, 7) is 0.252. The van der Waals surface area contributed by atoms with Gasteiger partial charge in [-0.05, 0) is 53.1 Å². The summed E-state index contributed by atoms with van der Waals surface area (Å²) in [6.07, 6.45) is 4.27. The zero-order valence-corrected chi connectivity index (χ0v) is 28.2. The number of hydrogen-bond donors (Lipinski definition) is 5. The van der Waals surface area contributed by atoms with Crippen LogP contribution in [0.1, 0.15) is 29.0 Å². The molecule has 0 bridgehead atoms. The molecule has 0 fully saturated rings. The van der Waals surface area contributed by atoms with Gasteiger partial charge in [0.2, 0.25) is 5.91 Å². The van der Waals surface area contributed by atoms with Crippen LogP contribution in [0.3, 0.4) is 0 Å². The molecule has 256 valence electrons. The van der Waals surface area contributed by atoms with Crippen molar-refractivity contribution in [1.29, 1.82) is 0 Å². The van der Waals surface area contributed by atoms with Crippen LogP contribution in [0, 0.1) is 0 Å². The number of benzene rings is 4. The van der Waals surface area contributed by atoms with E-state index < -0.39 is 18.0 Å². The number of hydrogen-bond acceptors (Lipinski definition) is 7. The zero-order chi connectivity index (χ0) is 35.5. The van der Waals surface area contributed by atoms with Gasteiger partial charge in [0.25, 0.3) is 5.91 Å². The number of anilines is 2. The maximum Gasteiger partial charge on any atom is 0.312 e. The summed E-state index contributed by atoms with van der Waals surface area (Å²) >= 11 is 0. The second kappa shape index (κ2) is 16.6. The monoisotopic (exact) mass is 671 g/mol. The SMILES string of the molecule is CNC1=C(C(NC(=O)C(c2ccccc2)c2ccccc2)C(=O)N(C)c2ccc(CNC(N)=O)cc2)C=CCC1=NNc1ccc(OC)cc1. The number of likely N-dealkylation sites (N-methyl/N-ethyl adjacent to an activating group) is 1. The van der Waals surface area contributed by atoms with Crippen LogP contribution in [0.15, 0.2) is 138 Å². The maximum absolute atomic E-state index is 14.6. The molecule has 6 N–H and O–H groups in total. The number of hydrazone groups is 1. The molecule has 50 heavy (non-hydrogen) atoms. The lowest BCUT2D eigenvalue weighted by Crippen LogP contribution is -2.51. The van der Waals surface area contributed by atoms with Crippen LogP contribution < -0.4 is 36.7 Å². The van der Waals surface area contributed by atoms with Gasteiger partial charge in [-0.25, -0.2) is 4.79 Å². The Kier molecular flexibility index (Phi) is 11.6. The fraction of sp³-hybridized carbons (Fsp3) is 0.179. The van der Waals surface area contributed by atoms with Gasteiger partial charge in [-0.15, -0.1) is 0 Å². The standard InChI is InChI=1S/C39H41N7O4/c1-41-35-32(15-10-16-33(35)45-44-29-19-23-31(50-3)24-20-29)36(38(48)46(2)30-21-17-26(18-22-30)25-42-39(40)49)43-37(47)34(27-11-6-4-7-12-27)28-13-8-5-9-14-28/h4-15,17-24,34,36,41,44H,16,25H2,1-3H3,(H,43,47)(H3,40,42,49). The van der Waals surface area contributed by atoms with E-state index >= 15 is 0 Å². The molecule has 11 heteroatoms. The molecule has 0 spiro atoms. The van der Waals surface area contributed by atoms with Crippen molar-refractivity contribution < 1.29 is 19.1 Å². The van der Waals surface area contributed by atoms with Crippen molar-refractivity contribution in [2.45, 2.75) is 24.9 Å². The van der Waals surface area contributed by atoms with E-state index in [9.17, 15) is 14.4 Å². The van der Waals surface area contributed by atoms with Crippen molar-refractivity contribution in [2.24, 2.45) is 10.8 Å². The lowest BCUT2D eigenvalue weighted by Gasteiger charge is -2.30. The first-order chi connectivity index (χ1) is 24.3. The van der Waals surface area contributed by atoms with Crippen LogP contribution >= 0.6 is 0 Å². The predicted molar refractivity (Wildman–Crippen MR) is 197 cm³/mol. The highest BCUT2D eigenvalue weighted by atomic mass is 16.5. The van der Waals surface area contributed by atoms with E-state index in [0.29, 0.717) is 29.1 Å². The topological polar surface area (TPSA) is 150 Å². The fourth-order valence-corrected chi connectivity index (χ4v) is 5.71. The molecular weight excluding hydrogens is 630 g/mol. The van der Waals surface area contributed by atoms with Crippen molar-refractivity contribution in [3.63, 3.8) is 0 Å². The van der Waals surface area contributed by atoms with Crippen LogP contribution in [-0.4, -0.2) is 50.8 Å². The molecule has 4 aromatic rings. The largest absolute Gasteiger partial charge is 0.497 e. The Hall–Kier alpha value is -6.36. The van der Waals surface area contributed by atoms with Gasteiger partial charge >= 0.3 is 6.03 Å². The number of nitrogens with one attached hydrogen (secondary N) is 4. The molecule has 0 heterocycles. The minimum Gasteiger partial charge on any atom is -0.497 e. The molecule has 1 unspecified atom stereocenters. The minimum absolute atomic E-state index is 0.252. The van der Waals surface area contributed by atoms with Gasteiger partial charge in [0.05, 0.1) is 30.1 Å². The molecular formula is C39H41N7O4. The molecule has 5 rings (SSSR count). The summed E-state index contributed by atoms with van der Waals surface area (Å²) in [5, 5.41) is 13.6. The van der Waals surface area contributed by atoms with E-state index in [2.05, 4.69) is 26.5 Å². The lowest BCUT2D eigenvalue weighted by molar-refractivity contribution is -0.127. The number of primary amides is 1. The maximum atomic E-state index is 14.6. The Labute approximate surface area is 291 Å². The summed E-state index contributed by atoms with van der Waals surface area (Å²) < 4.78 is 5.26. The lowest BCUT2D eigenvalue weighted by atomic mass is 9.89. The first kappa shape index (κ1) is 35.0. The Bertz CT molecular complexity index is 1830. The molecule has 0 radical (unpaired) electrons. The van der Waals surface area contributed by atoms with E-state index in [1.165, 1.54) is 4.90 Å². The summed E-state index contributed by atoms with van der Waals surface area (Å²) in [6, 6.07) is 31.8. The van der Waals surface area contributed by atoms with Crippen molar-refractivity contribution in [3.8, 4) is 5.75 Å². The number of ether oxygens (including phenoxy) is 1. The third kappa shape index (κ3) is 8.56. The minimum atomic E-state index is -1.09. The molecule has 0 saturated heterocycles. The normalized spacial score (nSPS) is 13.8. The molecule has 4 aromatic carbocycles. The molecule has 11 nitrogen and oxygen atoms in total. The molecule has 0 aliphatic heterocycles. The predicted octanol–water partition coefficient (Wildman–Crippen LogP) is 5.04. The van der Waals surface area contributed by atoms with E-state index in [1.54, 1.807) is 45.5 Å². The van der Waals surface area contributed by atoms with Crippen LogP contribution in [0.5, 0.6) is 5.75 Å². The molecule has 1 aliphatic rings. The molecule has 4 amide bonds. The van der Waals surface area contributed by atoms with Crippen molar-refractivity contribution >= 4 is 34.9 Å². The summed E-state index contributed by atoms with van der Waals surface area (Å²) in [7, 11) is 5.04. The third-order valence-electron chi connectivity index (χ3n) is 8.34. The second-order valence-electron chi connectivity index (χ2n) is 11.6. The Morgan fingerprint density at radius 3 is 2.06 bits per heavy atom. The summed E-state index contributed by atoms with van der Waals surface area (Å²) in [4.78, 5) is 41.7. The Balaban J connectivity index is 1.52. The highest BCUT2D eigenvalue weighted by Gasteiger charge is 2.34. The number of methoxy groups -OCH3 is 1. The number of carbonyl (C=O) groups excluding carboxylic acids is 3. The summed E-state index contributed by atoms with van der Waals surface area (Å²) in [5.41, 5.74) is 13.9. The van der Waals surface area contributed by atoms with Gasteiger partial charge < -0.3 is 31.3 Å². The van der Waals surface area contributed by atoms with Crippen molar-refractivity contribution in [3.05, 3.63) is 149 Å². The number of amides is 4. The number of nitrogens with zero attached hydrogens (tertiary/aromatic N) is 2. The van der Waals surface area contributed by atoms with Crippen LogP contribution in [0.4, 0.5) is 16.2 Å². The first-order valence-corrected chi connectivity index (χ1v) is 16.1. The van der Waals surface area contributed by atoms with Crippen molar-refractivity contribution in [2.75, 3.05) is 31.5 Å². The zero-order valence-electron chi connectivity index (χ0n) is 28.2. The van der Waals surface area contributed by atoms with Crippen LogP contribution in [0.2, 0.25) is 0 Å². The Morgan fingerprint density at radius 1 is 0.880 bits per heavy atom. The van der Waals surface area contributed by atoms with Crippen LogP contribution in [-0.2, 0) is 16.1 Å². The van der Waals surface area contributed by atoms with Gasteiger partial charge in [0, 0.05) is 38.3 Å². The third-order valence-corrected chi connectivity index (χ3v) is 8.34. The fourth-order valence-electron chi connectivity index (χ4n) is 5.71. The van der Waals surface area contributed by atoms with Gasteiger partial charge in [0.15, 0.2) is 0 Å². The molecule has 0 aromatic heterocycles. The van der Waals surface area contributed by atoms with E-state index in [4.69, 9.17) is 10.5 Å². The summed E-state index contributed by atoms with van der Waals surface area (Å²) in [5.74, 6) is -0.646. The van der Waals surface area contributed by atoms with Gasteiger partial charge in [-0.2, -0.15) is 5.10 Å². The molecule has 0 saturated carbocycles. The van der Waals surface area contributed by atoms with Gasteiger partial charge in [0.1, 0.15) is 11.8 Å². The Morgan fingerprint density at radius 2 is 1.50 bits per heavy atom. The van der Waals surface area contributed by atoms with E-state index in [0.717, 1.165) is 28.1 Å². The number of allylic oxidation sites excluding steroid dienone is 2. The number of rotatable bonds is 13. The van der Waals surface area contributed by atoms with Crippen molar-refractivity contribution in [1.82, 2.24) is 16.0 Å². The van der Waals surface area contributed by atoms with Gasteiger partial charge in [-0.1, -0.05) is 84.9 Å². The number of urea groups is 1. The average molecular weight is 672 g/mol. The molecule has 1 atom stereocenters. The quantitative estimate of drug-likeness (QED) is 0.126. The number of carbonyl (C=O) groups is 3. The van der Waals surface area contributed by atoms with E-state index in [-0.39, 0.29) is 18.4 Å². The second-order valence-corrected chi connectivity index (χ2v) is 11.6.